The molecule has 1 atom stereocenters. The Labute approximate surface area is 174 Å². The van der Waals surface area contributed by atoms with Gasteiger partial charge in [-0.3, -0.25) is 9.36 Å². The quantitative estimate of drug-likeness (QED) is 0.497. The van der Waals surface area contributed by atoms with Crippen molar-refractivity contribution in [2.75, 3.05) is 0 Å². The van der Waals surface area contributed by atoms with Gasteiger partial charge in [0.25, 0.3) is 5.56 Å². The van der Waals surface area contributed by atoms with Crippen molar-refractivity contribution in [1.82, 2.24) is 14.5 Å². The lowest BCUT2D eigenvalue weighted by atomic mass is 9.78. The van der Waals surface area contributed by atoms with E-state index in [9.17, 15) is 4.79 Å². The third kappa shape index (κ3) is 3.33. The third-order valence-electron chi connectivity index (χ3n) is 5.77. The average Bonchev–Trinajstić information content (AvgIpc) is 2.61. The van der Waals surface area contributed by atoms with Crippen LogP contribution >= 0.6 is 23.2 Å². The number of rotatable bonds is 5. The van der Waals surface area contributed by atoms with Crippen molar-refractivity contribution in [1.29, 1.82) is 0 Å². The third-order valence-corrected chi connectivity index (χ3v) is 6.32. The second-order valence-corrected chi connectivity index (χ2v) is 8.42. The molecule has 3 aromatic rings. The fraction of sp³-hybridized carbons (Fsp3) is 0.409. The van der Waals surface area contributed by atoms with Gasteiger partial charge in [0.05, 0.1) is 0 Å². The summed E-state index contributed by atoms with van der Waals surface area (Å²) in [6.07, 6.45) is 7.31. The van der Waals surface area contributed by atoms with E-state index in [-0.39, 0.29) is 11.6 Å². The maximum Gasteiger partial charge on any atom is 0.273 e. The molecule has 4 rings (SSSR count). The highest BCUT2D eigenvalue weighted by molar-refractivity contribution is 6.36. The average molecular weight is 416 g/mol. The van der Waals surface area contributed by atoms with Crippen molar-refractivity contribution >= 4 is 34.4 Å². The Kier molecular flexibility index (Phi) is 5.44. The summed E-state index contributed by atoms with van der Waals surface area (Å²) in [5, 5.41) is 1.14. The molecule has 2 aromatic heterocycles. The van der Waals surface area contributed by atoms with E-state index in [2.05, 4.69) is 16.9 Å². The molecular weight excluding hydrogens is 393 g/mol. The van der Waals surface area contributed by atoms with Gasteiger partial charge in [0.15, 0.2) is 5.65 Å². The molecule has 1 aromatic carbocycles. The Balaban J connectivity index is 1.99. The molecule has 1 aliphatic carbocycles. The van der Waals surface area contributed by atoms with Gasteiger partial charge in [-0.05, 0) is 50.3 Å². The molecule has 6 heteroatoms. The Morgan fingerprint density at radius 3 is 2.64 bits per heavy atom. The zero-order valence-electron chi connectivity index (χ0n) is 16.1. The van der Waals surface area contributed by atoms with Crippen molar-refractivity contribution in [2.24, 2.45) is 5.92 Å². The van der Waals surface area contributed by atoms with E-state index in [0.29, 0.717) is 32.8 Å². The van der Waals surface area contributed by atoms with Crippen LogP contribution in [0.15, 0.2) is 35.3 Å². The maximum absolute atomic E-state index is 13.1. The summed E-state index contributed by atoms with van der Waals surface area (Å²) in [5.74, 6) is 0.534. The van der Waals surface area contributed by atoms with Gasteiger partial charge in [-0.25, -0.2) is 9.97 Å². The largest absolute Gasteiger partial charge is 0.286 e. The van der Waals surface area contributed by atoms with E-state index >= 15 is 0 Å². The van der Waals surface area contributed by atoms with Crippen molar-refractivity contribution in [3.05, 3.63) is 56.6 Å². The maximum atomic E-state index is 13.1. The van der Waals surface area contributed by atoms with Crippen LogP contribution in [-0.4, -0.2) is 14.5 Å². The normalized spacial score (nSPS) is 15.6. The summed E-state index contributed by atoms with van der Waals surface area (Å²) in [6, 6.07) is 7.49. The van der Waals surface area contributed by atoms with Crippen molar-refractivity contribution in [3.63, 3.8) is 0 Å². The van der Waals surface area contributed by atoms with Crippen molar-refractivity contribution in [2.45, 2.75) is 52.0 Å². The summed E-state index contributed by atoms with van der Waals surface area (Å²) in [6.45, 7) is 3.95. The summed E-state index contributed by atoms with van der Waals surface area (Å²) in [7, 11) is 0. The molecule has 0 aliphatic heterocycles. The Bertz CT molecular complexity index is 1090. The first-order chi connectivity index (χ1) is 13.5. The molecule has 1 saturated carbocycles. The zero-order chi connectivity index (χ0) is 19.8. The first-order valence-corrected chi connectivity index (χ1v) is 10.6. The smallest absolute Gasteiger partial charge is 0.273 e. The molecule has 28 heavy (non-hydrogen) atoms. The number of benzene rings is 1. The lowest BCUT2D eigenvalue weighted by Gasteiger charge is -2.35. The van der Waals surface area contributed by atoms with Gasteiger partial charge in [-0.2, -0.15) is 0 Å². The molecule has 2 heterocycles. The molecule has 1 fully saturated rings. The van der Waals surface area contributed by atoms with Crippen LogP contribution in [0.5, 0.6) is 0 Å². The lowest BCUT2D eigenvalue weighted by molar-refractivity contribution is 0.197. The van der Waals surface area contributed by atoms with Gasteiger partial charge in [-0.1, -0.05) is 49.0 Å². The molecule has 1 aliphatic rings. The van der Waals surface area contributed by atoms with Crippen LogP contribution in [0, 0.1) is 12.8 Å². The lowest BCUT2D eigenvalue weighted by Crippen LogP contribution is -2.35. The minimum Gasteiger partial charge on any atom is -0.286 e. The van der Waals surface area contributed by atoms with Crippen LogP contribution < -0.4 is 5.56 Å². The van der Waals surface area contributed by atoms with Gasteiger partial charge in [0.1, 0.15) is 11.2 Å². The monoisotopic (exact) mass is 415 g/mol. The predicted molar refractivity (Wildman–Crippen MR) is 115 cm³/mol. The molecule has 0 amide bonds. The van der Waals surface area contributed by atoms with Crippen molar-refractivity contribution in [3.8, 4) is 11.1 Å². The summed E-state index contributed by atoms with van der Waals surface area (Å²) in [4.78, 5) is 22.3. The SMILES string of the molecule is CCC[C@@H](C1CCC1)n1c(=O)c(C)nc2c(-c3ccc(Cl)cc3Cl)ccnc21. The van der Waals surface area contributed by atoms with E-state index in [0.717, 1.165) is 24.0 Å². The topological polar surface area (TPSA) is 47.8 Å². The van der Waals surface area contributed by atoms with E-state index < -0.39 is 0 Å². The van der Waals surface area contributed by atoms with Crippen molar-refractivity contribution < 1.29 is 0 Å². The van der Waals surface area contributed by atoms with Gasteiger partial charge in [0, 0.05) is 33.4 Å². The number of pyridine rings is 1. The van der Waals surface area contributed by atoms with Crippen LogP contribution in [0.25, 0.3) is 22.3 Å². The minimum absolute atomic E-state index is 0.0373. The molecule has 0 radical (unpaired) electrons. The molecule has 0 N–H and O–H groups in total. The number of aryl methyl sites for hydroxylation is 1. The Morgan fingerprint density at radius 2 is 2.00 bits per heavy atom. The Morgan fingerprint density at radius 1 is 1.21 bits per heavy atom. The van der Waals surface area contributed by atoms with Crippen LogP contribution in [0.3, 0.4) is 0 Å². The first kappa shape index (κ1) is 19.4. The number of aromatic nitrogens is 3. The van der Waals surface area contributed by atoms with E-state index in [1.807, 2.05) is 22.8 Å². The molecule has 146 valence electrons. The summed E-state index contributed by atoms with van der Waals surface area (Å²) >= 11 is 12.5. The van der Waals surface area contributed by atoms with Gasteiger partial charge >= 0.3 is 0 Å². The first-order valence-electron chi connectivity index (χ1n) is 9.84. The number of halogens is 2. The van der Waals surface area contributed by atoms with Gasteiger partial charge in [-0.15, -0.1) is 0 Å². The standard InChI is InChI=1S/C22H23Cl2N3O/c1-3-5-19(14-6-4-7-14)27-21-20(26-13(2)22(27)28)17(10-11-25-21)16-9-8-15(23)12-18(16)24/h8-12,14,19H,3-7H2,1-2H3/t19-/m0/s1. The summed E-state index contributed by atoms with van der Waals surface area (Å²) in [5.41, 5.74) is 3.52. The van der Waals surface area contributed by atoms with E-state index in [1.54, 1.807) is 19.2 Å². The van der Waals surface area contributed by atoms with Gasteiger partial charge in [0.2, 0.25) is 0 Å². The fourth-order valence-electron chi connectivity index (χ4n) is 4.14. The molecule has 0 bridgehead atoms. The molecule has 0 spiro atoms. The highest BCUT2D eigenvalue weighted by Gasteiger charge is 2.31. The van der Waals surface area contributed by atoms with Gasteiger partial charge < -0.3 is 0 Å². The number of hydrogen-bond donors (Lipinski definition) is 0. The van der Waals surface area contributed by atoms with E-state index in [1.165, 1.54) is 19.3 Å². The van der Waals surface area contributed by atoms with Crippen LogP contribution in [-0.2, 0) is 0 Å². The second-order valence-electron chi connectivity index (χ2n) is 7.57. The molecule has 4 nitrogen and oxygen atoms in total. The highest BCUT2D eigenvalue weighted by atomic mass is 35.5. The predicted octanol–water partition coefficient (Wildman–Crippen LogP) is 6.22. The van der Waals surface area contributed by atoms with E-state index in [4.69, 9.17) is 23.2 Å². The fourth-order valence-corrected chi connectivity index (χ4v) is 4.65. The molecule has 0 saturated heterocycles. The molecule has 0 unspecified atom stereocenters. The zero-order valence-corrected chi connectivity index (χ0v) is 17.6. The van der Waals surface area contributed by atoms with Crippen LogP contribution in [0.4, 0.5) is 0 Å². The molecular formula is C22H23Cl2N3O. The number of hydrogen-bond acceptors (Lipinski definition) is 3. The van der Waals surface area contributed by atoms with Crippen LogP contribution in [0.1, 0.15) is 50.8 Å². The highest BCUT2D eigenvalue weighted by Crippen LogP contribution is 2.40. The van der Waals surface area contributed by atoms with Crippen LogP contribution in [0.2, 0.25) is 10.0 Å². The Hall–Kier alpha value is -1.91. The summed E-state index contributed by atoms with van der Waals surface area (Å²) < 4.78 is 1.90. The minimum atomic E-state index is -0.0373. The number of fused-ring (bicyclic) bond motifs is 1. The second kappa shape index (κ2) is 7.84. The number of nitrogens with zero attached hydrogens (tertiary/aromatic N) is 3.